The molecule has 2 heterocycles. The van der Waals surface area contributed by atoms with E-state index in [-0.39, 0.29) is 0 Å². The summed E-state index contributed by atoms with van der Waals surface area (Å²) in [6, 6.07) is 17.6. The zero-order valence-corrected chi connectivity index (χ0v) is 24.4. The molecule has 2 heteroatoms. The summed E-state index contributed by atoms with van der Waals surface area (Å²) in [5.74, 6) is 0. The largest absolute Gasteiger partial charge is 0.256 e. The molecule has 3 rings (SSSR count). The van der Waals surface area contributed by atoms with Crippen LogP contribution in [0.3, 0.4) is 0 Å². The monoisotopic (exact) mass is 512 g/mol. The van der Waals surface area contributed by atoms with Crippen molar-refractivity contribution in [1.82, 2.24) is 9.97 Å². The Kier molecular flexibility index (Phi) is 14.8. The Morgan fingerprint density at radius 1 is 0.395 bits per heavy atom. The van der Waals surface area contributed by atoms with Crippen LogP contribution in [0.1, 0.15) is 128 Å². The molecular formula is C36H52N2. The molecule has 1 aromatic carbocycles. The van der Waals surface area contributed by atoms with Gasteiger partial charge in [0, 0.05) is 23.5 Å². The molecular weight excluding hydrogens is 460 g/mol. The zero-order chi connectivity index (χ0) is 26.7. The first-order valence-electron chi connectivity index (χ1n) is 15.8. The van der Waals surface area contributed by atoms with Gasteiger partial charge in [0.05, 0.1) is 11.4 Å². The van der Waals surface area contributed by atoms with Crippen LogP contribution in [0.15, 0.2) is 60.9 Å². The van der Waals surface area contributed by atoms with E-state index in [1.54, 1.807) is 0 Å². The lowest BCUT2D eigenvalue weighted by Crippen LogP contribution is -1.91. The minimum Gasteiger partial charge on any atom is -0.256 e. The number of nitrogens with zero attached hydrogens (tertiary/aromatic N) is 2. The Morgan fingerprint density at radius 2 is 0.816 bits per heavy atom. The summed E-state index contributed by atoms with van der Waals surface area (Å²) in [7, 11) is 0. The van der Waals surface area contributed by atoms with Crippen molar-refractivity contribution < 1.29 is 0 Å². The zero-order valence-electron chi connectivity index (χ0n) is 24.4. The first kappa shape index (κ1) is 30.1. The van der Waals surface area contributed by atoms with Gasteiger partial charge >= 0.3 is 0 Å². The molecule has 2 nitrogen and oxygen atoms in total. The molecule has 0 spiro atoms. The lowest BCUT2D eigenvalue weighted by Gasteiger charge is -2.07. The lowest BCUT2D eigenvalue weighted by molar-refractivity contribution is 0.556. The molecule has 0 atom stereocenters. The van der Waals surface area contributed by atoms with E-state index in [9.17, 15) is 0 Å². The van der Waals surface area contributed by atoms with Gasteiger partial charge in [0.1, 0.15) is 0 Å². The number of unbranched alkanes of at least 4 members (excludes halogenated alkanes) is 14. The highest BCUT2D eigenvalue weighted by Crippen LogP contribution is 2.23. The highest BCUT2D eigenvalue weighted by molar-refractivity contribution is 5.64. The molecule has 0 bridgehead atoms. The van der Waals surface area contributed by atoms with Gasteiger partial charge in [-0.05, 0) is 55.0 Å². The topological polar surface area (TPSA) is 25.8 Å². The molecule has 0 fully saturated rings. The van der Waals surface area contributed by atoms with Gasteiger partial charge in [-0.2, -0.15) is 0 Å². The smallest absolute Gasteiger partial charge is 0.0717 e. The van der Waals surface area contributed by atoms with E-state index in [2.05, 4.69) is 68.6 Å². The minimum absolute atomic E-state index is 1.00. The second-order valence-electron chi connectivity index (χ2n) is 11.1. The third kappa shape index (κ3) is 11.5. The molecule has 0 aliphatic rings. The summed E-state index contributed by atoms with van der Waals surface area (Å²) in [5, 5.41) is 0. The number of aryl methyl sites for hydroxylation is 2. The van der Waals surface area contributed by atoms with Gasteiger partial charge in [-0.15, -0.1) is 0 Å². The number of hydrogen-bond acceptors (Lipinski definition) is 2. The molecule has 0 N–H and O–H groups in total. The van der Waals surface area contributed by atoms with Crippen LogP contribution < -0.4 is 0 Å². The summed E-state index contributed by atoms with van der Waals surface area (Å²) < 4.78 is 0. The quantitative estimate of drug-likeness (QED) is 0.141. The van der Waals surface area contributed by atoms with Crippen molar-refractivity contribution in [2.45, 2.75) is 129 Å². The molecule has 0 aliphatic carbocycles. The molecule has 0 saturated carbocycles. The average molecular weight is 513 g/mol. The SMILES string of the molecule is CCCCCCCCCCCCc1ccc(-c2ccc(-c3ccc(CCCCCCCC)cc3)nc2)nc1. The van der Waals surface area contributed by atoms with Crippen molar-refractivity contribution in [2.75, 3.05) is 0 Å². The fraction of sp³-hybridized carbons (Fsp3) is 0.556. The summed E-state index contributed by atoms with van der Waals surface area (Å²) >= 11 is 0. The van der Waals surface area contributed by atoms with Crippen molar-refractivity contribution in [1.29, 1.82) is 0 Å². The molecule has 2 aromatic heterocycles. The molecule has 0 radical (unpaired) electrons. The van der Waals surface area contributed by atoms with Crippen LogP contribution in [0.25, 0.3) is 22.5 Å². The molecule has 0 aliphatic heterocycles. The maximum atomic E-state index is 4.75. The van der Waals surface area contributed by atoms with Gasteiger partial charge in [0.2, 0.25) is 0 Å². The first-order valence-corrected chi connectivity index (χ1v) is 15.8. The summed E-state index contributed by atoms with van der Waals surface area (Å²) in [4.78, 5) is 9.49. The molecule has 0 amide bonds. The predicted octanol–water partition coefficient (Wildman–Crippen LogP) is 11.2. The fourth-order valence-corrected chi connectivity index (χ4v) is 5.23. The minimum atomic E-state index is 1.00. The standard InChI is InChI=1S/C36H52N2/c1-3-5-7-9-11-12-13-14-16-18-20-32-23-27-36(37-29-32)34-26-28-35(38-30-34)33-24-21-31(22-25-33)19-17-15-10-8-6-4-2/h21-30H,3-20H2,1-2H3. The number of aromatic nitrogens is 2. The van der Waals surface area contributed by atoms with E-state index in [0.29, 0.717) is 0 Å². The number of hydrogen-bond donors (Lipinski definition) is 0. The van der Waals surface area contributed by atoms with Gasteiger partial charge in [-0.25, -0.2) is 0 Å². The Labute approximate surface area is 233 Å². The van der Waals surface area contributed by atoms with Crippen LogP contribution in [-0.2, 0) is 12.8 Å². The third-order valence-corrected chi connectivity index (χ3v) is 7.77. The van der Waals surface area contributed by atoms with E-state index >= 15 is 0 Å². The van der Waals surface area contributed by atoms with E-state index in [1.165, 1.54) is 126 Å². The van der Waals surface area contributed by atoms with Crippen LogP contribution in [-0.4, -0.2) is 9.97 Å². The van der Waals surface area contributed by atoms with Crippen LogP contribution in [0.5, 0.6) is 0 Å². The third-order valence-electron chi connectivity index (χ3n) is 7.77. The van der Waals surface area contributed by atoms with Crippen molar-refractivity contribution in [3.8, 4) is 22.5 Å². The van der Waals surface area contributed by atoms with Gasteiger partial charge < -0.3 is 0 Å². The average Bonchev–Trinajstić information content (AvgIpc) is 2.97. The van der Waals surface area contributed by atoms with E-state index in [0.717, 1.165) is 23.4 Å². The van der Waals surface area contributed by atoms with Gasteiger partial charge in [-0.3, -0.25) is 9.97 Å². The van der Waals surface area contributed by atoms with E-state index in [4.69, 9.17) is 9.97 Å². The lowest BCUT2D eigenvalue weighted by atomic mass is 10.0. The van der Waals surface area contributed by atoms with Crippen molar-refractivity contribution in [3.05, 3.63) is 72.1 Å². The molecule has 38 heavy (non-hydrogen) atoms. The Bertz CT molecular complexity index is 973. The van der Waals surface area contributed by atoms with Crippen LogP contribution in [0.2, 0.25) is 0 Å². The normalized spacial score (nSPS) is 11.2. The Hall–Kier alpha value is -2.48. The van der Waals surface area contributed by atoms with Gasteiger partial charge in [-0.1, -0.05) is 134 Å². The molecule has 0 unspecified atom stereocenters. The van der Waals surface area contributed by atoms with E-state index in [1.807, 2.05) is 6.20 Å². The summed E-state index contributed by atoms with van der Waals surface area (Å²) in [6.45, 7) is 4.56. The van der Waals surface area contributed by atoms with Gasteiger partial charge in [0.25, 0.3) is 0 Å². The van der Waals surface area contributed by atoms with Crippen molar-refractivity contribution in [2.24, 2.45) is 0 Å². The van der Waals surface area contributed by atoms with Crippen LogP contribution in [0.4, 0.5) is 0 Å². The van der Waals surface area contributed by atoms with Crippen LogP contribution >= 0.6 is 0 Å². The number of rotatable bonds is 20. The molecule has 206 valence electrons. The first-order chi connectivity index (χ1) is 18.8. The molecule has 3 aromatic rings. The maximum Gasteiger partial charge on any atom is 0.0717 e. The highest BCUT2D eigenvalue weighted by Gasteiger charge is 2.04. The Morgan fingerprint density at radius 3 is 1.32 bits per heavy atom. The van der Waals surface area contributed by atoms with E-state index < -0.39 is 0 Å². The summed E-state index contributed by atoms with van der Waals surface area (Å²) in [6.07, 6.45) is 28.2. The van der Waals surface area contributed by atoms with Crippen LogP contribution in [0, 0.1) is 0 Å². The Balaban J connectivity index is 1.36. The molecule has 0 saturated heterocycles. The van der Waals surface area contributed by atoms with Gasteiger partial charge in [0.15, 0.2) is 0 Å². The van der Waals surface area contributed by atoms with Crippen molar-refractivity contribution >= 4 is 0 Å². The summed E-state index contributed by atoms with van der Waals surface area (Å²) in [5.41, 5.74) is 7.08. The maximum absolute atomic E-state index is 4.75. The van der Waals surface area contributed by atoms with Crippen molar-refractivity contribution in [3.63, 3.8) is 0 Å². The second-order valence-corrected chi connectivity index (χ2v) is 11.1. The second kappa shape index (κ2) is 18.7. The fourth-order valence-electron chi connectivity index (χ4n) is 5.23. The predicted molar refractivity (Wildman–Crippen MR) is 166 cm³/mol. The highest BCUT2D eigenvalue weighted by atomic mass is 14.7. The number of pyridine rings is 2. The number of benzene rings is 1.